The van der Waals surface area contributed by atoms with E-state index in [0.717, 1.165) is 34.3 Å². The molecule has 4 nitrogen and oxygen atoms in total. The van der Waals surface area contributed by atoms with Crippen LogP contribution in [0.5, 0.6) is 0 Å². The SMILES string of the molecule is CC(/C=C\C=C(/C)C=C=C1C(C)(C)C[C@@H](O)C[C@]1(C)O)=C/C=C/C=C(C)\C=C\C=C(/C)[C@H]1C=C2C(C)(C)C[C@H](O)C[C@@]2(C)O1. The molecule has 2 saturated carbocycles. The van der Waals surface area contributed by atoms with Crippen LogP contribution in [0.15, 0.2) is 112 Å². The van der Waals surface area contributed by atoms with E-state index >= 15 is 0 Å². The summed E-state index contributed by atoms with van der Waals surface area (Å²) in [5.74, 6) is 0. The summed E-state index contributed by atoms with van der Waals surface area (Å²) in [6, 6.07) is 0. The first kappa shape index (κ1) is 35.8. The largest absolute Gasteiger partial charge is 0.393 e. The predicted octanol–water partition coefficient (Wildman–Crippen LogP) is 8.72. The fraction of sp³-hybridized carbons (Fsp3) is 0.525. The van der Waals surface area contributed by atoms with Gasteiger partial charge in [-0.3, -0.25) is 0 Å². The van der Waals surface area contributed by atoms with Gasteiger partial charge in [-0.05, 0) is 94.1 Å². The maximum atomic E-state index is 10.9. The number of hydrogen-bond donors (Lipinski definition) is 3. The van der Waals surface area contributed by atoms with E-state index in [-0.39, 0.29) is 23.0 Å². The van der Waals surface area contributed by atoms with Crippen LogP contribution in [0.25, 0.3) is 0 Å². The molecule has 44 heavy (non-hydrogen) atoms. The number of ether oxygens (including phenoxy) is 1. The molecule has 0 aromatic heterocycles. The van der Waals surface area contributed by atoms with Gasteiger partial charge in [0, 0.05) is 18.4 Å². The molecule has 3 N–H and O–H groups in total. The summed E-state index contributed by atoms with van der Waals surface area (Å²) in [7, 11) is 0. The summed E-state index contributed by atoms with van der Waals surface area (Å²) >= 11 is 0. The third-order valence-corrected chi connectivity index (χ3v) is 9.13. The van der Waals surface area contributed by atoms with Crippen LogP contribution in [0.4, 0.5) is 0 Å². The van der Waals surface area contributed by atoms with Crippen molar-refractivity contribution in [2.24, 2.45) is 10.8 Å². The molecule has 0 saturated heterocycles. The highest BCUT2D eigenvalue weighted by atomic mass is 16.5. The number of aliphatic hydroxyl groups excluding tert-OH is 2. The molecule has 3 rings (SSSR count). The lowest BCUT2D eigenvalue weighted by molar-refractivity contribution is -0.0683. The summed E-state index contributed by atoms with van der Waals surface area (Å²) in [6.45, 7) is 20.7. The molecular weight excluding hydrogens is 544 g/mol. The average Bonchev–Trinajstić information content (AvgIpc) is 3.22. The van der Waals surface area contributed by atoms with Crippen molar-refractivity contribution in [3.63, 3.8) is 0 Å². The van der Waals surface area contributed by atoms with Crippen LogP contribution < -0.4 is 0 Å². The van der Waals surface area contributed by atoms with E-state index < -0.39 is 17.3 Å². The Balaban J connectivity index is 1.56. The van der Waals surface area contributed by atoms with E-state index in [9.17, 15) is 15.3 Å². The van der Waals surface area contributed by atoms with E-state index in [1.165, 1.54) is 5.57 Å². The lowest BCUT2D eigenvalue weighted by Gasteiger charge is -2.44. The van der Waals surface area contributed by atoms with Crippen LogP contribution in [0.2, 0.25) is 0 Å². The second kappa shape index (κ2) is 14.1. The topological polar surface area (TPSA) is 69.9 Å². The molecule has 0 spiro atoms. The van der Waals surface area contributed by atoms with Crippen LogP contribution in [0.1, 0.15) is 94.9 Å². The van der Waals surface area contributed by atoms with Gasteiger partial charge in [0.1, 0.15) is 0 Å². The van der Waals surface area contributed by atoms with Crippen molar-refractivity contribution < 1.29 is 20.1 Å². The zero-order chi connectivity index (χ0) is 32.9. The molecule has 0 amide bonds. The van der Waals surface area contributed by atoms with Crippen molar-refractivity contribution in [3.8, 4) is 0 Å². The van der Waals surface area contributed by atoms with Gasteiger partial charge in [0.15, 0.2) is 0 Å². The van der Waals surface area contributed by atoms with Gasteiger partial charge in [-0.25, -0.2) is 0 Å². The van der Waals surface area contributed by atoms with Crippen molar-refractivity contribution >= 4 is 0 Å². The Morgan fingerprint density at radius 2 is 1.25 bits per heavy atom. The zero-order valence-corrected chi connectivity index (χ0v) is 28.7. The third-order valence-electron chi connectivity index (χ3n) is 9.13. The lowest BCUT2D eigenvalue weighted by atomic mass is 9.65. The maximum absolute atomic E-state index is 10.9. The fourth-order valence-electron chi connectivity index (χ4n) is 7.21. The number of hydrogen-bond acceptors (Lipinski definition) is 4. The molecular formula is C40H56O4. The third kappa shape index (κ3) is 9.39. The van der Waals surface area contributed by atoms with Crippen LogP contribution in [-0.2, 0) is 4.74 Å². The monoisotopic (exact) mass is 600 g/mol. The molecule has 1 aliphatic heterocycles. The van der Waals surface area contributed by atoms with Crippen molar-refractivity contribution in [2.75, 3.05) is 0 Å². The summed E-state index contributed by atoms with van der Waals surface area (Å²) in [5, 5.41) is 31.4. The lowest BCUT2D eigenvalue weighted by Crippen LogP contribution is -2.45. The van der Waals surface area contributed by atoms with Gasteiger partial charge in [0.2, 0.25) is 0 Å². The van der Waals surface area contributed by atoms with Gasteiger partial charge in [-0.2, -0.15) is 0 Å². The van der Waals surface area contributed by atoms with E-state index in [1.807, 2.05) is 37.3 Å². The highest BCUT2D eigenvalue weighted by molar-refractivity contribution is 5.37. The van der Waals surface area contributed by atoms with Gasteiger partial charge in [-0.15, -0.1) is 5.73 Å². The van der Waals surface area contributed by atoms with Gasteiger partial charge >= 0.3 is 0 Å². The van der Waals surface area contributed by atoms with Gasteiger partial charge < -0.3 is 20.1 Å². The predicted molar refractivity (Wildman–Crippen MR) is 184 cm³/mol. The van der Waals surface area contributed by atoms with E-state index in [1.54, 1.807) is 6.92 Å². The van der Waals surface area contributed by atoms with E-state index in [2.05, 4.69) is 104 Å². The molecule has 0 aromatic rings. The molecule has 2 fully saturated rings. The molecule has 0 bridgehead atoms. The second-order valence-corrected chi connectivity index (χ2v) is 14.9. The molecule has 0 aromatic carbocycles. The highest BCUT2D eigenvalue weighted by Gasteiger charge is 2.50. The Morgan fingerprint density at radius 3 is 1.84 bits per heavy atom. The Labute approximate surface area is 267 Å². The van der Waals surface area contributed by atoms with Gasteiger partial charge in [0.05, 0.1) is 29.5 Å². The summed E-state index contributed by atoms with van der Waals surface area (Å²) in [5.41, 5.74) is 8.16. The smallest absolute Gasteiger partial charge is 0.0982 e. The first-order valence-electron chi connectivity index (χ1n) is 16.0. The quantitative estimate of drug-likeness (QED) is 0.148. The van der Waals surface area contributed by atoms with E-state index in [0.29, 0.717) is 19.3 Å². The standard InChI is InChI=1S/C40H56O4/c1-28(17-13-18-30(3)21-22-35-37(5,6)24-32(41)26-39(35,9)43)15-11-12-16-29(2)19-14-20-31(4)34-23-36-38(7,8)25-33(42)27-40(36,10)44-34/h11-21,23,32-34,41-43H,24-27H2,1-10H3/b12-11+,17-13-,19-14+,28-15-,29-16-,30-18+,31-20+/t22?,32-,33+,34-,39+,40-/m1/s1. The Hall–Kier alpha value is -2.72. The first-order valence-corrected chi connectivity index (χ1v) is 16.0. The molecule has 5 atom stereocenters. The van der Waals surface area contributed by atoms with Crippen molar-refractivity contribution in [1.82, 2.24) is 0 Å². The van der Waals surface area contributed by atoms with Crippen LogP contribution >= 0.6 is 0 Å². The number of fused-ring (bicyclic) bond motifs is 1. The number of allylic oxidation sites excluding steroid dienone is 13. The second-order valence-electron chi connectivity index (χ2n) is 14.9. The fourth-order valence-corrected chi connectivity index (χ4v) is 7.21. The number of aliphatic hydroxyl groups is 3. The summed E-state index contributed by atoms with van der Waals surface area (Å²) in [4.78, 5) is 0. The molecule has 1 heterocycles. The average molecular weight is 601 g/mol. The minimum Gasteiger partial charge on any atom is -0.393 e. The normalized spacial score (nSPS) is 33.2. The Kier molecular flexibility index (Phi) is 11.5. The summed E-state index contributed by atoms with van der Waals surface area (Å²) < 4.78 is 6.46. The van der Waals surface area contributed by atoms with Crippen molar-refractivity contribution in [2.45, 2.75) is 124 Å². The van der Waals surface area contributed by atoms with Gasteiger partial charge in [0.25, 0.3) is 0 Å². The van der Waals surface area contributed by atoms with Gasteiger partial charge in [-0.1, -0.05) is 99.6 Å². The Bertz CT molecular complexity index is 1360. The molecule has 4 heteroatoms. The zero-order valence-electron chi connectivity index (χ0n) is 28.7. The first-order chi connectivity index (χ1) is 20.3. The highest BCUT2D eigenvalue weighted by Crippen LogP contribution is 2.52. The van der Waals surface area contributed by atoms with E-state index in [4.69, 9.17) is 4.74 Å². The molecule has 240 valence electrons. The minimum absolute atomic E-state index is 0.0566. The number of rotatable bonds is 8. The van der Waals surface area contributed by atoms with Crippen LogP contribution in [0, 0.1) is 10.8 Å². The molecule has 0 radical (unpaired) electrons. The summed E-state index contributed by atoms with van der Waals surface area (Å²) in [6.07, 6.45) is 26.4. The van der Waals surface area contributed by atoms with Crippen LogP contribution in [0.3, 0.4) is 0 Å². The minimum atomic E-state index is -1.05. The molecule has 0 unspecified atom stereocenters. The van der Waals surface area contributed by atoms with Crippen molar-refractivity contribution in [3.05, 3.63) is 112 Å². The Morgan fingerprint density at radius 1 is 0.727 bits per heavy atom. The molecule has 3 aliphatic rings. The van der Waals surface area contributed by atoms with Crippen LogP contribution in [-0.4, -0.2) is 44.8 Å². The van der Waals surface area contributed by atoms with Crippen molar-refractivity contribution in [1.29, 1.82) is 0 Å². The maximum Gasteiger partial charge on any atom is 0.0982 e. The molecule has 2 aliphatic carbocycles.